The van der Waals surface area contributed by atoms with Crippen molar-refractivity contribution in [2.45, 2.75) is 60.5 Å². The molecule has 1 aliphatic heterocycles. The van der Waals surface area contributed by atoms with Crippen molar-refractivity contribution in [2.24, 2.45) is 10.8 Å². The van der Waals surface area contributed by atoms with E-state index >= 15 is 0 Å². The van der Waals surface area contributed by atoms with Gasteiger partial charge in [0.25, 0.3) is 11.8 Å². The number of sulfone groups is 1. The maximum Gasteiger partial charge on any atom is 0.534 e. The smallest absolute Gasteiger partial charge is 0.481 e. The molecule has 0 bridgehead atoms. The van der Waals surface area contributed by atoms with Gasteiger partial charge in [0.1, 0.15) is 12.6 Å². The van der Waals surface area contributed by atoms with Crippen LogP contribution in [0, 0.1) is 10.8 Å². The zero-order chi connectivity index (χ0) is 30.2. The molecule has 0 aliphatic carbocycles. The maximum atomic E-state index is 12.4. The summed E-state index contributed by atoms with van der Waals surface area (Å²) in [5.74, 6) is -5.19. The molecule has 0 radical (unpaired) electrons. The van der Waals surface area contributed by atoms with Crippen LogP contribution in [0.25, 0.3) is 0 Å². The molecule has 0 saturated carbocycles. The number of hydroxylamine groups is 3. The van der Waals surface area contributed by atoms with Crippen molar-refractivity contribution < 1.29 is 56.7 Å². The zero-order valence-electron chi connectivity index (χ0n) is 22.8. The number of nitrogens with one attached hydrogen (secondary N) is 2. The topological polar surface area (TPSA) is 215 Å². The number of carbonyl (C=O) groups excluding carboxylic acids is 5. The summed E-state index contributed by atoms with van der Waals surface area (Å²) in [5, 5.41) is 12.7. The Hall–Kier alpha value is -3.31. The minimum atomic E-state index is -3.85. The number of hydrazine groups is 1. The molecular weight excluding hydrogens is 544 g/mol. The number of rotatable bonds is 14. The monoisotopic (exact) mass is 580 g/mol. The number of hydrogen-bond acceptors (Lipinski definition) is 13. The van der Waals surface area contributed by atoms with Crippen LogP contribution in [0.4, 0.5) is 4.79 Å². The summed E-state index contributed by atoms with van der Waals surface area (Å²) in [7, 11) is -3.85. The van der Waals surface area contributed by atoms with Gasteiger partial charge in [-0.2, -0.15) is 0 Å². The fourth-order valence-corrected chi connectivity index (χ4v) is 4.01. The molecule has 3 N–H and O–H groups in total. The second-order valence-corrected chi connectivity index (χ2v) is 12.7. The number of ether oxygens (including phenoxy) is 1. The number of aliphatic carboxylic acids is 1. The number of hydrogen-bond donors (Lipinski definition) is 3. The standard InChI is InChI=1S/C22H36N4O12S/c1-14(36-20(33)38-26-16(28)7-8-17(26)29)12-39(34,35)10-9-23-15(27)11-25(37-19(32)21(2,3)4)24-13-22(5,6)18(30)31/h14,24H,7-13H2,1-6H3,(H,23,27)(H,30,31). The average molecular weight is 581 g/mol. The van der Waals surface area contributed by atoms with Crippen LogP contribution in [-0.4, -0.2) is 96.8 Å². The quantitative estimate of drug-likeness (QED) is 0.135. The molecule has 39 heavy (non-hydrogen) atoms. The Labute approximate surface area is 226 Å². The van der Waals surface area contributed by atoms with Gasteiger partial charge >= 0.3 is 18.1 Å². The first kappa shape index (κ1) is 33.7. The first-order chi connectivity index (χ1) is 17.7. The van der Waals surface area contributed by atoms with E-state index in [9.17, 15) is 42.3 Å². The van der Waals surface area contributed by atoms with Crippen molar-refractivity contribution in [3.63, 3.8) is 0 Å². The normalized spacial score (nSPS) is 15.2. The Bertz CT molecular complexity index is 1050. The van der Waals surface area contributed by atoms with Crippen molar-refractivity contribution in [3.8, 4) is 0 Å². The maximum absolute atomic E-state index is 12.4. The Morgan fingerprint density at radius 3 is 2.15 bits per heavy atom. The highest BCUT2D eigenvalue weighted by Crippen LogP contribution is 2.17. The third-order valence-corrected chi connectivity index (χ3v) is 6.87. The van der Waals surface area contributed by atoms with Crippen LogP contribution in [0.1, 0.15) is 54.4 Å². The molecular formula is C22H36N4O12S. The van der Waals surface area contributed by atoms with Gasteiger partial charge in [0, 0.05) is 25.9 Å². The van der Waals surface area contributed by atoms with E-state index in [-0.39, 0.29) is 31.0 Å². The summed E-state index contributed by atoms with van der Waals surface area (Å²) in [4.78, 5) is 80.3. The Kier molecular flexibility index (Phi) is 11.8. The molecule has 17 heteroatoms. The highest BCUT2D eigenvalue weighted by Gasteiger charge is 2.34. The van der Waals surface area contributed by atoms with Crippen molar-refractivity contribution >= 4 is 45.7 Å². The van der Waals surface area contributed by atoms with Gasteiger partial charge < -0.3 is 20.0 Å². The van der Waals surface area contributed by atoms with E-state index in [1.165, 1.54) is 20.8 Å². The molecule has 0 aromatic carbocycles. The molecule has 1 saturated heterocycles. The van der Waals surface area contributed by atoms with Crippen LogP contribution in [0.15, 0.2) is 0 Å². The van der Waals surface area contributed by atoms with Gasteiger partial charge in [0.2, 0.25) is 5.91 Å². The van der Waals surface area contributed by atoms with Gasteiger partial charge in [0.15, 0.2) is 9.84 Å². The largest absolute Gasteiger partial charge is 0.534 e. The molecule has 1 aliphatic rings. The summed E-state index contributed by atoms with van der Waals surface area (Å²) >= 11 is 0. The lowest BCUT2D eigenvalue weighted by molar-refractivity contribution is -0.217. The summed E-state index contributed by atoms with van der Waals surface area (Å²) < 4.78 is 29.5. The fraction of sp³-hybridized carbons (Fsp3) is 0.727. The van der Waals surface area contributed by atoms with Crippen LogP contribution in [0.2, 0.25) is 0 Å². The van der Waals surface area contributed by atoms with Gasteiger partial charge in [-0.15, -0.1) is 0 Å². The summed E-state index contributed by atoms with van der Waals surface area (Å²) in [6.07, 6.45) is -2.85. The third kappa shape index (κ3) is 12.0. The molecule has 1 rings (SSSR count). The summed E-state index contributed by atoms with van der Waals surface area (Å²) in [6, 6.07) is 0. The number of carboxylic acid groups (broad SMARTS) is 1. The molecule has 1 heterocycles. The van der Waals surface area contributed by atoms with Crippen LogP contribution >= 0.6 is 0 Å². The van der Waals surface area contributed by atoms with Crippen LogP contribution in [-0.2, 0) is 48.2 Å². The molecule has 222 valence electrons. The first-order valence-electron chi connectivity index (χ1n) is 11.9. The number of imide groups is 1. The summed E-state index contributed by atoms with van der Waals surface area (Å²) in [5.41, 5.74) is 0.387. The molecule has 0 spiro atoms. The van der Waals surface area contributed by atoms with E-state index in [2.05, 4.69) is 15.6 Å². The van der Waals surface area contributed by atoms with E-state index in [0.717, 1.165) is 5.17 Å². The van der Waals surface area contributed by atoms with Crippen molar-refractivity contribution in [2.75, 3.05) is 31.1 Å². The number of amides is 3. The SMILES string of the molecule is CC(CS(=O)(=O)CCNC(=O)CN(NCC(C)(C)C(=O)O)OC(=O)C(C)(C)C)OC(=O)ON1C(=O)CCC1=O. The van der Waals surface area contributed by atoms with Crippen molar-refractivity contribution in [1.82, 2.24) is 21.0 Å². The van der Waals surface area contributed by atoms with E-state index in [1.807, 2.05) is 0 Å². The van der Waals surface area contributed by atoms with E-state index in [1.54, 1.807) is 20.8 Å². The molecule has 16 nitrogen and oxygen atoms in total. The predicted octanol–water partition coefficient (Wildman–Crippen LogP) is -0.455. The van der Waals surface area contributed by atoms with Gasteiger partial charge in [-0.05, 0) is 41.5 Å². The molecule has 3 amide bonds. The van der Waals surface area contributed by atoms with E-state index in [4.69, 9.17) is 9.57 Å². The lowest BCUT2D eigenvalue weighted by atomic mass is 9.94. The minimum Gasteiger partial charge on any atom is -0.481 e. The lowest BCUT2D eigenvalue weighted by Gasteiger charge is -2.28. The van der Waals surface area contributed by atoms with Crippen LogP contribution < -0.4 is 10.7 Å². The number of nitrogens with zero attached hydrogens (tertiary/aromatic N) is 2. The average Bonchev–Trinajstić information content (AvgIpc) is 3.07. The molecule has 1 atom stereocenters. The van der Waals surface area contributed by atoms with Gasteiger partial charge in [-0.3, -0.25) is 24.0 Å². The van der Waals surface area contributed by atoms with Crippen molar-refractivity contribution in [3.05, 3.63) is 0 Å². The first-order valence-corrected chi connectivity index (χ1v) is 13.7. The molecule has 1 unspecified atom stereocenters. The van der Waals surface area contributed by atoms with Gasteiger partial charge in [-0.1, -0.05) is 10.2 Å². The highest BCUT2D eigenvalue weighted by molar-refractivity contribution is 7.91. The van der Waals surface area contributed by atoms with E-state index < -0.39 is 80.6 Å². The summed E-state index contributed by atoms with van der Waals surface area (Å²) in [6.45, 7) is 7.74. The second kappa shape index (κ2) is 13.7. The van der Waals surface area contributed by atoms with Crippen molar-refractivity contribution in [1.29, 1.82) is 0 Å². The van der Waals surface area contributed by atoms with Gasteiger partial charge in [0.05, 0.1) is 22.3 Å². The Morgan fingerprint density at radius 2 is 1.64 bits per heavy atom. The highest BCUT2D eigenvalue weighted by atomic mass is 32.2. The number of carbonyl (C=O) groups is 6. The Morgan fingerprint density at radius 1 is 1.08 bits per heavy atom. The lowest BCUT2D eigenvalue weighted by Crippen LogP contribution is -2.51. The minimum absolute atomic E-state index is 0.116. The second-order valence-electron chi connectivity index (χ2n) is 10.5. The predicted molar refractivity (Wildman–Crippen MR) is 131 cm³/mol. The van der Waals surface area contributed by atoms with Crippen LogP contribution in [0.5, 0.6) is 0 Å². The number of carboxylic acids is 1. The zero-order valence-corrected chi connectivity index (χ0v) is 23.6. The van der Waals surface area contributed by atoms with Crippen LogP contribution in [0.3, 0.4) is 0 Å². The van der Waals surface area contributed by atoms with Gasteiger partial charge in [-0.25, -0.2) is 23.4 Å². The third-order valence-electron chi connectivity index (χ3n) is 5.06. The van der Waals surface area contributed by atoms with E-state index in [0.29, 0.717) is 0 Å². The fourth-order valence-electron chi connectivity index (χ4n) is 2.64. The molecule has 1 fully saturated rings. The Balaban J connectivity index is 2.59. The molecule has 0 aromatic heterocycles. The molecule has 0 aromatic rings.